The van der Waals surface area contributed by atoms with E-state index in [1.54, 1.807) is 36.4 Å². The Morgan fingerprint density at radius 3 is 1.91 bits per heavy atom. The molecule has 0 bridgehead atoms. The number of hydrogen-bond acceptors (Lipinski definition) is 15. The van der Waals surface area contributed by atoms with E-state index in [2.05, 4.69) is 16.0 Å². The van der Waals surface area contributed by atoms with Gasteiger partial charge in [-0.05, 0) is 60.5 Å². The van der Waals surface area contributed by atoms with Crippen LogP contribution in [0.2, 0.25) is 0 Å². The lowest BCUT2D eigenvalue weighted by atomic mass is 10.0. The molecule has 21 heteroatoms. The average molecular weight is 926 g/mol. The van der Waals surface area contributed by atoms with Gasteiger partial charge in [0, 0.05) is 49.9 Å². The molecule has 1 unspecified atom stereocenters. The molecular formula is C45H53F2N5O14. The molecule has 0 saturated carbocycles. The number of rotatable bonds is 28. The third kappa shape index (κ3) is 13.3. The second-order valence-corrected chi connectivity index (χ2v) is 15.1. The lowest BCUT2D eigenvalue weighted by Gasteiger charge is -2.27. The minimum atomic E-state index is -2.31. The van der Waals surface area contributed by atoms with Gasteiger partial charge in [0.2, 0.25) is 17.4 Å². The second-order valence-electron chi connectivity index (χ2n) is 15.1. The number of halogens is 2. The molecule has 6 amide bonds. The van der Waals surface area contributed by atoms with Crippen molar-refractivity contribution in [1.82, 2.24) is 15.5 Å². The smallest absolute Gasteiger partial charge is 0.268 e. The van der Waals surface area contributed by atoms with E-state index in [-0.39, 0.29) is 55.6 Å². The van der Waals surface area contributed by atoms with E-state index in [9.17, 15) is 42.7 Å². The number of fused-ring (bicyclic) bond motifs is 1. The van der Waals surface area contributed by atoms with Gasteiger partial charge in [0.15, 0.2) is 0 Å². The molecule has 3 aliphatic rings. The molecule has 3 aromatic rings. The maximum Gasteiger partial charge on any atom is 0.268 e. The minimum Gasteiger partial charge on any atom is -0.491 e. The van der Waals surface area contributed by atoms with Crippen molar-refractivity contribution >= 4 is 46.8 Å². The highest BCUT2D eigenvalue weighted by molar-refractivity contribution is 6.25. The quantitative estimate of drug-likeness (QED) is 0.0462. The number of nitrogens with one attached hydrogen (secondary N) is 3. The zero-order valence-electron chi connectivity index (χ0n) is 36.2. The fourth-order valence-electron chi connectivity index (χ4n) is 7.27. The molecule has 0 aliphatic carbocycles. The van der Waals surface area contributed by atoms with Crippen molar-refractivity contribution in [3.63, 3.8) is 0 Å². The van der Waals surface area contributed by atoms with Crippen LogP contribution in [-0.4, -0.2) is 156 Å². The molecule has 66 heavy (non-hydrogen) atoms. The summed E-state index contributed by atoms with van der Waals surface area (Å²) >= 11 is 0. The summed E-state index contributed by atoms with van der Waals surface area (Å²) in [5, 5.41) is 18.6. The van der Waals surface area contributed by atoms with Crippen molar-refractivity contribution in [3.05, 3.63) is 89.0 Å². The van der Waals surface area contributed by atoms with Crippen LogP contribution < -0.4 is 25.6 Å². The minimum absolute atomic E-state index is 0.0491. The van der Waals surface area contributed by atoms with Crippen LogP contribution in [-0.2, 0) is 54.1 Å². The molecule has 2 saturated heterocycles. The van der Waals surface area contributed by atoms with Crippen LogP contribution >= 0.6 is 0 Å². The standard InChI is InChI=1S/C45H53F2N5O14/c46-31-26-30(27-32(47)28-31)29-49-43(57)45(59)10-12-51(44(45)58)33-4-6-34(7-5-33)66-25-24-65-23-22-64-21-20-63-19-18-62-17-16-61-15-14-60-13-11-48-36-3-1-2-35-39(36)42(56)52(41(35)55)37-8-9-38(53)50-40(37)54/h1-7,26-28,37,48,59H,8-25,29H2,(H,49,57)(H,50,53,54)/t37-,45?/m1/s1. The zero-order chi connectivity index (χ0) is 46.9. The molecule has 19 nitrogen and oxygen atoms in total. The van der Waals surface area contributed by atoms with Gasteiger partial charge in [0.05, 0.1) is 90.4 Å². The monoisotopic (exact) mass is 925 g/mol. The van der Waals surface area contributed by atoms with Crippen LogP contribution in [0, 0.1) is 11.6 Å². The SMILES string of the molecule is O=C1CC[C@@H](N2C(=O)c3cccc(NCCOCCOCCOCCOCCOCCOCCOc4ccc(N5CCC(O)(C(=O)NCc6cc(F)cc(F)c6)C5=O)cc4)c3C2=O)C(=O)N1. The number of piperidine rings is 1. The molecule has 0 spiro atoms. The Bertz CT molecular complexity index is 2160. The highest BCUT2D eigenvalue weighted by Gasteiger charge is 2.52. The van der Waals surface area contributed by atoms with Gasteiger partial charge in [-0.2, -0.15) is 0 Å². The fraction of sp³-hybridized carbons (Fsp3) is 0.467. The fourth-order valence-corrected chi connectivity index (χ4v) is 7.27. The van der Waals surface area contributed by atoms with Gasteiger partial charge in [-0.1, -0.05) is 6.07 Å². The molecule has 6 rings (SSSR count). The molecule has 0 aromatic heterocycles. The van der Waals surface area contributed by atoms with E-state index in [0.717, 1.165) is 17.0 Å². The van der Waals surface area contributed by atoms with Gasteiger partial charge >= 0.3 is 0 Å². The van der Waals surface area contributed by atoms with Crippen LogP contribution in [0.3, 0.4) is 0 Å². The summed E-state index contributed by atoms with van der Waals surface area (Å²) in [6.07, 6.45) is -0.0227. The number of benzene rings is 3. The van der Waals surface area contributed by atoms with Crippen LogP contribution in [0.25, 0.3) is 0 Å². The summed E-state index contributed by atoms with van der Waals surface area (Å²) in [7, 11) is 0. The second kappa shape index (κ2) is 24.5. The first-order chi connectivity index (χ1) is 32.0. The number of anilines is 2. The molecule has 3 heterocycles. The summed E-state index contributed by atoms with van der Waals surface area (Å²) < 4.78 is 65.8. The van der Waals surface area contributed by atoms with Crippen molar-refractivity contribution in [2.24, 2.45) is 0 Å². The van der Waals surface area contributed by atoms with Crippen LogP contribution in [0.1, 0.15) is 45.5 Å². The molecule has 2 fully saturated rings. The Hall–Kier alpha value is -5.94. The normalized spacial score (nSPS) is 18.2. The third-order valence-electron chi connectivity index (χ3n) is 10.6. The van der Waals surface area contributed by atoms with Crippen molar-refractivity contribution in [2.75, 3.05) is 109 Å². The van der Waals surface area contributed by atoms with Crippen molar-refractivity contribution in [3.8, 4) is 5.75 Å². The van der Waals surface area contributed by atoms with E-state index < -0.39 is 58.7 Å². The number of aliphatic hydroxyl groups is 1. The number of carbonyl (C=O) groups is 6. The predicted octanol–water partition coefficient (Wildman–Crippen LogP) is 1.74. The van der Waals surface area contributed by atoms with Crippen LogP contribution in [0.15, 0.2) is 60.7 Å². The van der Waals surface area contributed by atoms with E-state index in [0.29, 0.717) is 109 Å². The van der Waals surface area contributed by atoms with Crippen molar-refractivity contribution in [2.45, 2.75) is 37.5 Å². The van der Waals surface area contributed by atoms with Crippen molar-refractivity contribution in [1.29, 1.82) is 0 Å². The van der Waals surface area contributed by atoms with E-state index >= 15 is 0 Å². The summed E-state index contributed by atoms with van der Waals surface area (Å²) in [4.78, 5) is 78.0. The molecule has 4 N–H and O–H groups in total. The first-order valence-electron chi connectivity index (χ1n) is 21.5. The van der Waals surface area contributed by atoms with E-state index in [1.165, 1.54) is 11.0 Å². The Morgan fingerprint density at radius 2 is 1.32 bits per heavy atom. The maximum atomic E-state index is 13.5. The Balaban J connectivity index is 0.702. The molecule has 3 aromatic carbocycles. The topological polar surface area (TPSA) is 230 Å². The number of carbonyl (C=O) groups excluding carboxylic acids is 6. The highest BCUT2D eigenvalue weighted by atomic mass is 19.1. The Labute approximate surface area is 378 Å². The third-order valence-corrected chi connectivity index (χ3v) is 10.6. The number of nitrogens with zero attached hydrogens (tertiary/aromatic N) is 2. The van der Waals surface area contributed by atoms with E-state index in [1.807, 2.05) is 0 Å². The number of hydrogen-bond donors (Lipinski definition) is 4. The molecule has 0 radical (unpaired) electrons. The molecule has 356 valence electrons. The Kier molecular flexibility index (Phi) is 18.4. The number of ether oxygens (including phenoxy) is 7. The summed E-state index contributed by atoms with van der Waals surface area (Å²) in [6.45, 7) is 4.82. The average Bonchev–Trinajstić information content (AvgIpc) is 3.75. The van der Waals surface area contributed by atoms with Crippen LogP contribution in [0.5, 0.6) is 5.75 Å². The lowest BCUT2D eigenvalue weighted by molar-refractivity contribution is -0.149. The summed E-state index contributed by atoms with van der Waals surface area (Å²) in [5.74, 6) is -5.08. The largest absolute Gasteiger partial charge is 0.491 e. The Morgan fingerprint density at radius 1 is 0.742 bits per heavy atom. The van der Waals surface area contributed by atoms with Gasteiger partial charge in [-0.3, -0.25) is 39.0 Å². The van der Waals surface area contributed by atoms with Gasteiger partial charge < -0.3 is 53.8 Å². The summed E-state index contributed by atoms with van der Waals surface area (Å²) in [5.41, 5.74) is -0.858. The van der Waals surface area contributed by atoms with Gasteiger partial charge in [0.1, 0.15) is 30.0 Å². The summed E-state index contributed by atoms with van der Waals surface area (Å²) in [6, 6.07) is 13.2. The van der Waals surface area contributed by atoms with Gasteiger partial charge in [-0.25, -0.2) is 8.78 Å². The molecule has 2 atom stereocenters. The van der Waals surface area contributed by atoms with Crippen LogP contribution in [0.4, 0.5) is 20.2 Å². The number of imide groups is 2. The molecular weight excluding hydrogens is 873 g/mol. The number of amides is 6. The molecule has 3 aliphatic heterocycles. The van der Waals surface area contributed by atoms with Gasteiger partial charge in [0.25, 0.3) is 23.6 Å². The maximum absolute atomic E-state index is 13.5. The zero-order valence-corrected chi connectivity index (χ0v) is 36.2. The lowest BCUT2D eigenvalue weighted by Crippen LogP contribution is -2.54. The van der Waals surface area contributed by atoms with Gasteiger partial charge in [-0.15, -0.1) is 0 Å². The predicted molar refractivity (Wildman–Crippen MR) is 229 cm³/mol. The first-order valence-corrected chi connectivity index (χ1v) is 21.5. The van der Waals surface area contributed by atoms with E-state index in [4.69, 9.17) is 33.2 Å². The first kappa shape index (κ1) is 49.5. The van der Waals surface area contributed by atoms with Crippen molar-refractivity contribution < 1.29 is 75.8 Å². The highest BCUT2D eigenvalue weighted by Crippen LogP contribution is 2.33.